The molecule has 8 nitrogen and oxygen atoms in total. The summed E-state index contributed by atoms with van der Waals surface area (Å²) >= 11 is 0. The van der Waals surface area contributed by atoms with Crippen molar-refractivity contribution in [3.8, 4) is 0 Å². The lowest BCUT2D eigenvalue weighted by atomic mass is 10.2. The van der Waals surface area contributed by atoms with E-state index in [4.69, 9.17) is 15.6 Å². The number of aromatic nitrogens is 2. The highest BCUT2D eigenvalue weighted by Crippen LogP contribution is 2.27. The van der Waals surface area contributed by atoms with Gasteiger partial charge in [0.1, 0.15) is 12.3 Å². The number of hydrogen-bond donors (Lipinski definition) is 4. The van der Waals surface area contributed by atoms with Crippen molar-refractivity contribution in [3.05, 3.63) is 32.6 Å². The fraction of sp³-hybridized carbons (Fsp3) is 0.636. The van der Waals surface area contributed by atoms with Crippen molar-refractivity contribution in [2.75, 3.05) is 6.61 Å². The number of aromatic amines is 1. The van der Waals surface area contributed by atoms with E-state index in [9.17, 15) is 14.7 Å². The summed E-state index contributed by atoms with van der Waals surface area (Å²) in [6.45, 7) is 1.29. The molecular weight excluding hydrogens is 254 g/mol. The molecule has 8 heteroatoms. The number of rotatable bonds is 3. The van der Waals surface area contributed by atoms with Crippen LogP contribution in [-0.2, 0) is 4.74 Å². The number of hydrogen-bond acceptors (Lipinski definition) is 6. The minimum atomic E-state index is -0.854. The number of ether oxygens (including phenoxy) is 1. The van der Waals surface area contributed by atoms with Crippen LogP contribution in [0.5, 0.6) is 0 Å². The summed E-state index contributed by atoms with van der Waals surface area (Å²) < 4.78 is 6.54. The maximum Gasteiger partial charge on any atom is 0.330 e. The molecule has 19 heavy (non-hydrogen) atoms. The monoisotopic (exact) mass is 271 g/mol. The smallest absolute Gasteiger partial charge is 0.330 e. The first-order chi connectivity index (χ1) is 8.93. The van der Waals surface area contributed by atoms with Gasteiger partial charge < -0.3 is 20.7 Å². The highest BCUT2D eigenvalue weighted by Gasteiger charge is 2.35. The molecule has 106 valence electrons. The first kappa shape index (κ1) is 13.9. The second-order valence-electron chi connectivity index (χ2n) is 4.65. The molecule has 1 fully saturated rings. The minimum absolute atomic E-state index is 0.162. The van der Waals surface area contributed by atoms with E-state index < -0.39 is 35.7 Å². The quantitative estimate of drug-likeness (QED) is 0.513. The molecule has 1 aromatic heterocycles. The SMILES string of the molecule is CC(N)c1cn(C2CC(O)C(CO)O2)c(=O)[nH]c1=O. The summed E-state index contributed by atoms with van der Waals surface area (Å²) in [5.41, 5.74) is 4.73. The third-order valence-corrected chi connectivity index (χ3v) is 3.18. The van der Waals surface area contributed by atoms with Crippen LogP contribution in [0.3, 0.4) is 0 Å². The van der Waals surface area contributed by atoms with E-state index >= 15 is 0 Å². The van der Waals surface area contributed by atoms with E-state index in [1.165, 1.54) is 10.8 Å². The molecule has 0 aromatic carbocycles. The van der Waals surface area contributed by atoms with Crippen LogP contribution in [0.15, 0.2) is 15.8 Å². The molecule has 4 atom stereocenters. The van der Waals surface area contributed by atoms with Gasteiger partial charge in [0.05, 0.1) is 18.3 Å². The standard InChI is InChI=1S/C11H17N3O5/c1-5(12)6-3-14(11(18)13-10(6)17)9-2-7(16)8(4-15)19-9/h3,5,7-9,15-16H,2,4,12H2,1H3,(H,13,17,18). The molecule has 1 aliphatic rings. The zero-order valence-corrected chi connectivity index (χ0v) is 10.4. The Morgan fingerprint density at radius 3 is 2.84 bits per heavy atom. The van der Waals surface area contributed by atoms with Crippen molar-refractivity contribution in [2.45, 2.75) is 37.8 Å². The molecule has 5 N–H and O–H groups in total. The highest BCUT2D eigenvalue weighted by molar-refractivity contribution is 5.09. The fourth-order valence-electron chi connectivity index (χ4n) is 2.09. The largest absolute Gasteiger partial charge is 0.394 e. The zero-order valence-electron chi connectivity index (χ0n) is 10.4. The lowest BCUT2D eigenvalue weighted by molar-refractivity contribution is -0.0460. The third-order valence-electron chi connectivity index (χ3n) is 3.18. The average Bonchev–Trinajstić information content (AvgIpc) is 2.69. The van der Waals surface area contributed by atoms with Gasteiger partial charge >= 0.3 is 5.69 Å². The number of H-pyrrole nitrogens is 1. The lowest BCUT2D eigenvalue weighted by Crippen LogP contribution is -2.35. The maximum atomic E-state index is 11.7. The first-order valence-electron chi connectivity index (χ1n) is 5.99. The Balaban J connectivity index is 2.38. The van der Waals surface area contributed by atoms with Crippen LogP contribution in [0.1, 0.15) is 31.2 Å². The van der Waals surface area contributed by atoms with Crippen molar-refractivity contribution in [2.24, 2.45) is 5.73 Å². The Labute approximate surface area is 108 Å². The Morgan fingerprint density at radius 2 is 2.32 bits per heavy atom. The van der Waals surface area contributed by atoms with Gasteiger partial charge in [-0.15, -0.1) is 0 Å². The summed E-state index contributed by atoms with van der Waals surface area (Å²) in [5.74, 6) is 0. The number of nitrogens with one attached hydrogen (secondary N) is 1. The molecule has 1 saturated heterocycles. The molecule has 0 amide bonds. The van der Waals surface area contributed by atoms with Gasteiger partial charge in [0.2, 0.25) is 0 Å². The number of aliphatic hydroxyl groups is 2. The van der Waals surface area contributed by atoms with Crippen molar-refractivity contribution in [3.63, 3.8) is 0 Å². The molecule has 0 spiro atoms. The van der Waals surface area contributed by atoms with E-state index in [1.807, 2.05) is 0 Å². The minimum Gasteiger partial charge on any atom is -0.394 e. The number of nitrogens with zero attached hydrogens (tertiary/aromatic N) is 1. The molecule has 1 aliphatic heterocycles. The van der Waals surface area contributed by atoms with Gasteiger partial charge in [0.15, 0.2) is 0 Å². The summed E-state index contributed by atoms with van der Waals surface area (Å²) in [5, 5.41) is 18.7. The van der Waals surface area contributed by atoms with Gasteiger partial charge in [0.25, 0.3) is 5.56 Å². The normalized spacial score (nSPS) is 28.5. The maximum absolute atomic E-state index is 11.7. The zero-order chi connectivity index (χ0) is 14.2. The number of nitrogens with two attached hydrogens (primary N) is 1. The van der Waals surface area contributed by atoms with Crippen LogP contribution in [-0.4, -0.2) is 38.6 Å². The second-order valence-corrected chi connectivity index (χ2v) is 4.65. The topological polar surface area (TPSA) is 131 Å². The summed E-state index contributed by atoms with van der Waals surface area (Å²) in [6.07, 6.45) is -0.817. The van der Waals surface area contributed by atoms with Gasteiger partial charge in [-0.05, 0) is 6.92 Å². The Kier molecular flexibility index (Phi) is 3.85. The van der Waals surface area contributed by atoms with Crippen LogP contribution in [0.2, 0.25) is 0 Å². The van der Waals surface area contributed by atoms with E-state index in [0.717, 1.165) is 0 Å². The number of aliphatic hydroxyl groups excluding tert-OH is 2. The molecule has 2 heterocycles. The molecule has 0 bridgehead atoms. The van der Waals surface area contributed by atoms with Crippen LogP contribution >= 0.6 is 0 Å². The van der Waals surface area contributed by atoms with Crippen LogP contribution in [0.25, 0.3) is 0 Å². The van der Waals surface area contributed by atoms with Gasteiger partial charge in [-0.2, -0.15) is 0 Å². The Morgan fingerprint density at radius 1 is 1.63 bits per heavy atom. The third kappa shape index (κ3) is 2.61. The van der Waals surface area contributed by atoms with Gasteiger partial charge in [-0.1, -0.05) is 0 Å². The fourth-order valence-corrected chi connectivity index (χ4v) is 2.09. The predicted molar refractivity (Wildman–Crippen MR) is 65.5 cm³/mol. The molecule has 0 radical (unpaired) electrons. The predicted octanol–water partition coefficient (Wildman–Crippen LogP) is -1.80. The van der Waals surface area contributed by atoms with E-state index in [1.54, 1.807) is 6.92 Å². The van der Waals surface area contributed by atoms with E-state index in [-0.39, 0.29) is 18.6 Å². The lowest BCUT2D eigenvalue weighted by Gasteiger charge is -2.16. The van der Waals surface area contributed by atoms with E-state index in [2.05, 4.69) is 4.98 Å². The van der Waals surface area contributed by atoms with Crippen molar-refractivity contribution in [1.82, 2.24) is 9.55 Å². The van der Waals surface area contributed by atoms with Crippen LogP contribution in [0, 0.1) is 0 Å². The van der Waals surface area contributed by atoms with Crippen molar-refractivity contribution in [1.29, 1.82) is 0 Å². The summed E-state index contributed by atoms with van der Waals surface area (Å²) in [7, 11) is 0. The summed E-state index contributed by atoms with van der Waals surface area (Å²) in [4.78, 5) is 25.5. The van der Waals surface area contributed by atoms with E-state index in [0.29, 0.717) is 0 Å². The Bertz CT molecular complexity index is 564. The average molecular weight is 271 g/mol. The molecule has 0 aliphatic carbocycles. The van der Waals surface area contributed by atoms with Crippen molar-refractivity contribution < 1.29 is 14.9 Å². The van der Waals surface area contributed by atoms with Gasteiger partial charge in [-0.3, -0.25) is 14.3 Å². The molecule has 2 rings (SSSR count). The Hall–Kier alpha value is -1.48. The molecule has 0 saturated carbocycles. The van der Waals surface area contributed by atoms with Crippen molar-refractivity contribution >= 4 is 0 Å². The van der Waals surface area contributed by atoms with Crippen LogP contribution in [0.4, 0.5) is 0 Å². The molecular formula is C11H17N3O5. The molecule has 1 aromatic rings. The van der Waals surface area contributed by atoms with Gasteiger partial charge in [0, 0.05) is 18.7 Å². The first-order valence-corrected chi connectivity index (χ1v) is 5.99. The summed E-state index contributed by atoms with van der Waals surface area (Å²) in [6, 6.07) is -0.532. The molecule has 4 unspecified atom stereocenters. The van der Waals surface area contributed by atoms with Gasteiger partial charge in [-0.25, -0.2) is 4.79 Å². The second kappa shape index (κ2) is 5.25. The highest BCUT2D eigenvalue weighted by atomic mass is 16.5. The van der Waals surface area contributed by atoms with Crippen LogP contribution < -0.4 is 17.0 Å².